The molecule has 6 heteroatoms. The normalized spacial score (nSPS) is 17.9. The number of aromatic nitrogens is 2. The molecule has 116 valence electrons. The van der Waals surface area contributed by atoms with E-state index in [0.717, 1.165) is 30.8 Å². The minimum Gasteiger partial charge on any atom is -0.334 e. The van der Waals surface area contributed by atoms with Crippen LogP contribution in [0.2, 0.25) is 0 Å². The van der Waals surface area contributed by atoms with Gasteiger partial charge in [0.1, 0.15) is 0 Å². The highest BCUT2D eigenvalue weighted by Gasteiger charge is 2.30. The number of aryl methyl sites for hydroxylation is 2. The van der Waals surface area contributed by atoms with Crippen molar-refractivity contribution < 1.29 is 4.79 Å². The van der Waals surface area contributed by atoms with Crippen LogP contribution in [-0.4, -0.2) is 33.1 Å². The SMILES string of the molecule is Cc1cc(C)nc(SCC(=O)N2CCC[C@@H]2c2cccs2)n1. The molecule has 0 aromatic carbocycles. The Balaban J connectivity index is 1.64. The van der Waals surface area contributed by atoms with Gasteiger partial charge in [0.25, 0.3) is 0 Å². The molecule has 0 bridgehead atoms. The summed E-state index contributed by atoms with van der Waals surface area (Å²) in [5.41, 5.74) is 1.89. The number of nitrogens with zero attached hydrogens (tertiary/aromatic N) is 3. The van der Waals surface area contributed by atoms with Gasteiger partial charge in [-0.05, 0) is 44.2 Å². The van der Waals surface area contributed by atoms with Crippen LogP contribution in [0.15, 0.2) is 28.7 Å². The maximum Gasteiger partial charge on any atom is 0.233 e. The number of hydrogen-bond acceptors (Lipinski definition) is 5. The van der Waals surface area contributed by atoms with Crippen LogP contribution >= 0.6 is 23.1 Å². The molecule has 3 rings (SSSR count). The molecule has 1 atom stereocenters. The highest BCUT2D eigenvalue weighted by Crippen LogP contribution is 2.35. The number of thiophene rings is 1. The smallest absolute Gasteiger partial charge is 0.233 e. The average Bonchev–Trinajstić information content (AvgIpc) is 3.13. The van der Waals surface area contributed by atoms with Crippen LogP contribution in [-0.2, 0) is 4.79 Å². The Morgan fingerprint density at radius 2 is 2.18 bits per heavy atom. The van der Waals surface area contributed by atoms with Crippen molar-refractivity contribution in [1.29, 1.82) is 0 Å². The summed E-state index contributed by atoms with van der Waals surface area (Å²) in [7, 11) is 0. The zero-order valence-corrected chi connectivity index (χ0v) is 14.4. The molecule has 1 aliphatic heterocycles. The molecule has 0 spiro atoms. The first-order chi connectivity index (χ1) is 10.6. The second-order valence-electron chi connectivity index (χ2n) is 5.48. The van der Waals surface area contributed by atoms with Gasteiger partial charge in [-0.1, -0.05) is 17.8 Å². The van der Waals surface area contributed by atoms with Gasteiger partial charge in [-0.25, -0.2) is 9.97 Å². The minimum absolute atomic E-state index is 0.184. The van der Waals surface area contributed by atoms with Gasteiger partial charge in [0.05, 0.1) is 11.8 Å². The van der Waals surface area contributed by atoms with E-state index in [1.165, 1.54) is 16.6 Å². The van der Waals surface area contributed by atoms with Crippen LogP contribution in [0.25, 0.3) is 0 Å². The lowest BCUT2D eigenvalue weighted by molar-refractivity contribution is -0.129. The van der Waals surface area contributed by atoms with Gasteiger partial charge in [-0.3, -0.25) is 4.79 Å². The van der Waals surface area contributed by atoms with E-state index in [2.05, 4.69) is 27.5 Å². The van der Waals surface area contributed by atoms with Crippen molar-refractivity contribution in [1.82, 2.24) is 14.9 Å². The second-order valence-corrected chi connectivity index (χ2v) is 7.40. The lowest BCUT2D eigenvalue weighted by Crippen LogP contribution is -2.31. The summed E-state index contributed by atoms with van der Waals surface area (Å²) in [5.74, 6) is 0.591. The number of carbonyl (C=O) groups excluding carboxylic acids is 1. The van der Waals surface area contributed by atoms with Crippen LogP contribution in [0.4, 0.5) is 0 Å². The summed E-state index contributed by atoms with van der Waals surface area (Å²) >= 11 is 3.17. The van der Waals surface area contributed by atoms with Crippen molar-refractivity contribution in [3.05, 3.63) is 39.8 Å². The molecule has 1 amide bonds. The number of likely N-dealkylation sites (tertiary alicyclic amines) is 1. The van der Waals surface area contributed by atoms with Gasteiger partial charge in [0.2, 0.25) is 5.91 Å². The highest BCUT2D eigenvalue weighted by molar-refractivity contribution is 7.99. The maximum atomic E-state index is 12.5. The minimum atomic E-state index is 0.184. The Morgan fingerprint density at radius 1 is 1.41 bits per heavy atom. The third-order valence-corrected chi connectivity index (χ3v) is 5.54. The zero-order valence-electron chi connectivity index (χ0n) is 12.8. The third-order valence-electron chi connectivity index (χ3n) is 3.73. The van der Waals surface area contributed by atoms with Gasteiger partial charge in [0, 0.05) is 22.8 Å². The quantitative estimate of drug-likeness (QED) is 0.633. The summed E-state index contributed by atoms with van der Waals surface area (Å²) in [6.07, 6.45) is 2.15. The summed E-state index contributed by atoms with van der Waals surface area (Å²) in [5, 5.41) is 2.77. The van der Waals surface area contributed by atoms with Crippen molar-refractivity contribution in [3.8, 4) is 0 Å². The molecule has 0 aliphatic carbocycles. The Kier molecular flexibility index (Phi) is 4.78. The second kappa shape index (κ2) is 6.79. The highest BCUT2D eigenvalue weighted by atomic mass is 32.2. The number of rotatable bonds is 4. The van der Waals surface area contributed by atoms with E-state index in [4.69, 9.17) is 0 Å². The van der Waals surface area contributed by atoms with E-state index in [0.29, 0.717) is 10.9 Å². The van der Waals surface area contributed by atoms with Gasteiger partial charge >= 0.3 is 0 Å². The summed E-state index contributed by atoms with van der Waals surface area (Å²) in [4.78, 5) is 24.6. The van der Waals surface area contributed by atoms with Crippen molar-refractivity contribution >= 4 is 29.0 Å². The summed E-state index contributed by atoms with van der Waals surface area (Å²) in [6.45, 7) is 4.76. The van der Waals surface area contributed by atoms with Crippen molar-refractivity contribution in [2.75, 3.05) is 12.3 Å². The van der Waals surface area contributed by atoms with E-state index in [1.807, 2.05) is 24.8 Å². The number of carbonyl (C=O) groups is 1. The van der Waals surface area contributed by atoms with Crippen LogP contribution in [0.3, 0.4) is 0 Å². The molecule has 3 heterocycles. The van der Waals surface area contributed by atoms with Crippen LogP contribution in [0.1, 0.15) is 35.1 Å². The standard InChI is InChI=1S/C16H19N3OS2/c1-11-9-12(2)18-16(17-11)22-10-15(20)19-7-3-5-13(19)14-6-4-8-21-14/h4,6,8-9,13H,3,5,7,10H2,1-2H3/t13-/m1/s1. The molecule has 2 aromatic heterocycles. The van der Waals surface area contributed by atoms with E-state index in [9.17, 15) is 4.79 Å². The number of hydrogen-bond donors (Lipinski definition) is 0. The topological polar surface area (TPSA) is 46.1 Å². The summed E-state index contributed by atoms with van der Waals surface area (Å²) in [6, 6.07) is 6.38. The molecular formula is C16H19N3OS2. The van der Waals surface area contributed by atoms with Gasteiger partial charge < -0.3 is 4.90 Å². The fourth-order valence-corrected chi connectivity index (χ4v) is 4.52. The number of thioether (sulfide) groups is 1. The molecule has 2 aromatic rings. The summed E-state index contributed by atoms with van der Waals surface area (Å²) < 4.78 is 0. The molecule has 0 unspecified atom stereocenters. The average molecular weight is 333 g/mol. The van der Waals surface area contributed by atoms with Crippen LogP contribution in [0.5, 0.6) is 0 Å². The monoisotopic (exact) mass is 333 g/mol. The first-order valence-corrected chi connectivity index (χ1v) is 9.28. The van der Waals surface area contributed by atoms with Crippen LogP contribution < -0.4 is 0 Å². The Bertz CT molecular complexity index is 637. The van der Waals surface area contributed by atoms with Gasteiger partial charge in [-0.15, -0.1) is 11.3 Å². The van der Waals surface area contributed by atoms with Crippen molar-refractivity contribution in [2.24, 2.45) is 0 Å². The molecule has 1 aliphatic rings. The molecule has 1 saturated heterocycles. The van der Waals surface area contributed by atoms with E-state index in [-0.39, 0.29) is 11.9 Å². The predicted molar refractivity (Wildman–Crippen MR) is 90.2 cm³/mol. The number of amides is 1. The Hall–Kier alpha value is -1.40. The molecular weight excluding hydrogens is 314 g/mol. The molecule has 0 radical (unpaired) electrons. The maximum absolute atomic E-state index is 12.5. The lowest BCUT2D eigenvalue weighted by atomic mass is 10.2. The first kappa shape index (κ1) is 15.5. The molecule has 22 heavy (non-hydrogen) atoms. The Morgan fingerprint density at radius 3 is 2.86 bits per heavy atom. The lowest BCUT2D eigenvalue weighted by Gasteiger charge is -2.23. The van der Waals surface area contributed by atoms with Crippen molar-refractivity contribution in [3.63, 3.8) is 0 Å². The largest absolute Gasteiger partial charge is 0.334 e. The van der Waals surface area contributed by atoms with Crippen LogP contribution in [0, 0.1) is 13.8 Å². The van der Waals surface area contributed by atoms with E-state index >= 15 is 0 Å². The molecule has 1 fully saturated rings. The Labute approximate surface area is 139 Å². The zero-order chi connectivity index (χ0) is 15.5. The third kappa shape index (κ3) is 3.50. The molecule has 4 nitrogen and oxygen atoms in total. The predicted octanol–water partition coefficient (Wildman–Crippen LogP) is 3.61. The van der Waals surface area contributed by atoms with Gasteiger partial charge in [0.15, 0.2) is 5.16 Å². The van der Waals surface area contributed by atoms with Crippen molar-refractivity contribution in [2.45, 2.75) is 37.9 Å². The van der Waals surface area contributed by atoms with E-state index in [1.54, 1.807) is 11.3 Å². The first-order valence-electron chi connectivity index (χ1n) is 7.41. The van der Waals surface area contributed by atoms with E-state index < -0.39 is 0 Å². The molecule has 0 saturated carbocycles. The fraction of sp³-hybridized carbons (Fsp3) is 0.438. The molecule has 0 N–H and O–H groups in total. The fourth-order valence-electron chi connectivity index (χ4n) is 2.81. The van der Waals surface area contributed by atoms with Gasteiger partial charge in [-0.2, -0.15) is 0 Å².